The first-order valence-corrected chi connectivity index (χ1v) is 8.95. The maximum Gasteiger partial charge on any atom is 0.252 e. The normalized spacial score (nSPS) is 22.2. The van der Waals surface area contributed by atoms with Crippen molar-refractivity contribution in [2.75, 3.05) is 19.0 Å². The van der Waals surface area contributed by atoms with Crippen LogP contribution in [0.25, 0.3) is 0 Å². The van der Waals surface area contributed by atoms with Crippen molar-refractivity contribution in [2.24, 2.45) is 5.92 Å². The minimum Gasteiger partial charge on any atom is -0.206 e. The number of alkyl halides is 1. The Labute approximate surface area is 118 Å². The third-order valence-corrected chi connectivity index (χ3v) is 6.86. The van der Waals surface area contributed by atoms with Gasteiger partial charge in [0, 0.05) is 23.8 Å². The average molecular weight is 308 g/mol. The van der Waals surface area contributed by atoms with Crippen LogP contribution in [0.5, 0.6) is 0 Å². The van der Waals surface area contributed by atoms with Gasteiger partial charge < -0.3 is 0 Å². The fourth-order valence-corrected chi connectivity index (χ4v) is 5.61. The summed E-state index contributed by atoms with van der Waals surface area (Å²) in [6.07, 6.45) is 2.92. The zero-order valence-corrected chi connectivity index (χ0v) is 12.8. The van der Waals surface area contributed by atoms with Gasteiger partial charge in [0.2, 0.25) is 0 Å². The summed E-state index contributed by atoms with van der Waals surface area (Å²) in [6, 6.07) is 3.57. The van der Waals surface area contributed by atoms with E-state index in [1.807, 2.05) is 13.0 Å². The van der Waals surface area contributed by atoms with E-state index in [4.69, 9.17) is 11.6 Å². The maximum atomic E-state index is 12.5. The third-order valence-electron chi connectivity index (χ3n) is 3.31. The van der Waals surface area contributed by atoms with Gasteiger partial charge in [-0.25, -0.2) is 8.42 Å². The molecule has 0 spiro atoms. The molecule has 1 fully saturated rings. The SMILES string of the molecule is Cc1ccc(S(=O)(=O)N2CCCC(CCCl)C2)s1. The Morgan fingerprint density at radius 3 is 2.89 bits per heavy atom. The number of hydrogen-bond donors (Lipinski definition) is 0. The van der Waals surface area contributed by atoms with Crippen molar-refractivity contribution >= 4 is 33.0 Å². The zero-order chi connectivity index (χ0) is 13.2. The molecule has 3 nitrogen and oxygen atoms in total. The van der Waals surface area contributed by atoms with Crippen LogP contribution >= 0.6 is 22.9 Å². The van der Waals surface area contributed by atoms with Crippen molar-refractivity contribution in [2.45, 2.75) is 30.4 Å². The van der Waals surface area contributed by atoms with Crippen LogP contribution in [0.15, 0.2) is 16.3 Å². The predicted molar refractivity (Wildman–Crippen MR) is 75.9 cm³/mol. The van der Waals surface area contributed by atoms with Gasteiger partial charge in [-0.15, -0.1) is 22.9 Å². The number of nitrogens with zero attached hydrogens (tertiary/aromatic N) is 1. The highest BCUT2D eigenvalue weighted by molar-refractivity contribution is 7.91. The van der Waals surface area contributed by atoms with E-state index >= 15 is 0 Å². The van der Waals surface area contributed by atoms with E-state index < -0.39 is 10.0 Å². The molecule has 0 bridgehead atoms. The molecule has 1 aromatic heterocycles. The Kier molecular flexibility index (Phi) is 4.69. The molecule has 1 atom stereocenters. The molecule has 0 aromatic carbocycles. The molecule has 1 aliphatic heterocycles. The Morgan fingerprint density at radius 2 is 2.28 bits per heavy atom. The Hall–Kier alpha value is -0.100. The lowest BCUT2D eigenvalue weighted by atomic mass is 9.97. The minimum atomic E-state index is -3.28. The second kappa shape index (κ2) is 5.90. The first-order valence-electron chi connectivity index (χ1n) is 6.16. The van der Waals surface area contributed by atoms with Gasteiger partial charge in [-0.05, 0) is 44.2 Å². The highest BCUT2D eigenvalue weighted by atomic mass is 35.5. The summed E-state index contributed by atoms with van der Waals surface area (Å²) in [5, 5.41) is 0. The van der Waals surface area contributed by atoms with Crippen LogP contribution in [0.1, 0.15) is 24.1 Å². The van der Waals surface area contributed by atoms with Gasteiger partial charge in [-0.3, -0.25) is 0 Å². The van der Waals surface area contributed by atoms with E-state index in [0.717, 1.165) is 24.1 Å². The first kappa shape index (κ1) is 14.3. The van der Waals surface area contributed by atoms with E-state index in [-0.39, 0.29) is 0 Å². The summed E-state index contributed by atoms with van der Waals surface area (Å²) in [5.41, 5.74) is 0. The third kappa shape index (κ3) is 3.07. The Bertz CT molecular complexity index is 496. The summed E-state index contributed by atoms with van der Waals surface area (Å²) >= 11 is 7.10. The van der Waals surface area contributed by atoms with Gasteiger partial charge in [0.25, 0.3) is 10.0 Å². The smallest absolute Gasteiger partial charge is 0.206 e. The monoisotopic (exact) mass is 307 g/mol. The summed E-state index contributed by atoms with van der Waals surface area (Å²) in [7, 11) is -3.28. The van der Waals surface area contributed by atoms with Crippen LogP contribution in [-0.2, 0) is 10.0 Å². The molecular formula is C12H18ClNO2S2. The summed E-state index contributed by atoms with van der Waals surface area (Å²) in [6.45, 7) is 3.18. The fourth-order valence-electron chi connectivity index (χ4n) is 2.31. The predicted octanol–water partition coefficient (Wildman–Crippen LogP) is 3.09. The van der Waals surface area contributed by atoms with Crippen LogP contribution in [0.4, 0.5) is 0 Å². The van der Waals surface area contributed by atoms with Crippen molar-refractivity contribution in [3.8, 4) is 0 Å². The molecule has 6 heteroatoms. The maximum absolute atomic E-state index is 12.5. The Balaban J connectivity index is 2.15. The van der Waals surface area contributed by atoms with Crippen molar-refractivity contribution in [3.63, 3.8) is 0 Å². The number of aryl methyl sites for hydroxylation is 1. The molecule has 0 amide bonds. The zero-order valence-electron chi connectivity index (χ0n) is 10.4. The van der Waals surface area contributed by atoms with Crippen molar-refractivity contribution < 1.29 is 8.42 Å². The summed E-state index contributed by atoms with van der Waals surface area (Å²) in [4.78, 5) is 1.03. The van der Waals surface area contributed by atoms with Crippen molar-refractivity contribution in [3.05, 3.63) is 17.0 Å². The van der Waals surface area contributed by atoms with Crippen molar-refractivity contribution in [1.29, 1.82) is 0 Å². The molecule has 2 heterocycles. The van der Waals surface area contributed by atoms with Gasteiger partial charge in [-0.2, -0.15) is 4.31 Å². The van der Waals surface area contributed by atoms with E-state index in [0.29, 0.717) is 29.1 Å². The van der Waals surface area contributed by atoms with Gasteiger partial charge in [0.1, 0.15) is 4.21 Å². The van der Waals surface area contributed by atoms with Crippen LogP contribution in [0, 0.1) is 12.8 Å². The van der Waals surface area contributed by atoms with Crippen LogP contribution in [0.2, 0.25) is 0 Å². The minimum absolute atomic E-state index is 0.409. The van der Waals surface area contributed by atoms with Gasteiger partial charge in [0.15, 0.2) is 0 Å². The molecular weight excluding hydrogens is 290 g/mol. The number of hydrogen-bond acceptors (Lipinski definition) is 3. The van der Waals surface area contributed by atoms with Gasteiger partial charge in [-0.1, -0.05) is 0 Å². The lowest BCUT2D eigenvalue weighted by Gasteiger charge is -2.31. The average Bonchev–Trinajstić information content (AvgIpc) is 2.77. The molecule has 0 radical (unpaired) electrons. The number of thiophene rings is 1. The summed E-state index contributed by atoms with van der Waals surface area (Å²) in [5.74, 6) is 1.02. The van der Waals surface area contributed by atoms with Crippen LogP contribution in [-0.4, -0.2) is 31.7 Å². The first-order chi connectivity index (χ1) is 8.54. The second-order valence-corrected chi connectivity index (χ2v) is 8.54. The summed E-state index contributed by atoms with van der Waals surface area (Å²) < 4.78 is 27.0. The molecule has 0 saturated carbocycles. The molecule has 0 N–H and O–H groups in total. The number of rotatable bonds is 4. The lowest BCUT2D eigenvalue weighted by molar-refractivity contribution is 0.262. The van der Waals surface area contributed by atoms with E-state index in [2.05, 4.69) is 0 Å². The highest BCUT2D eigenvalue weighted by Gasteiger charge is 2.30. The number of piperidine rings is 1. The lowest BCUT2D eigenvalue weighted by Crippen LogP contribution is -2.39. The molecule has 1 saturated heterocycles. The van der Waals surface area contributed by atoms with E-state index in [1.165, 1.54) is 11.3 Å². The molecule has 1 aliphatic rings. The quantitative estimate of drug-likeness (QED) is 0.802. The number of sulfonamides is 1. The topological polar surface area (TPSA) is 37.4 Å². The van der Waals surface area contributed by atoms with Gasteiger partial charge in [0.05, 0.1) is 0 Å². The molecule has 18 heavy (non-hydrogen) atoms. The van der Waals surface area contributed by atoms with E-state index in [9.17, 15) is 8.42 Å². The standard InChI is InChI=1S/C12H18ClNO2S2/c1-10-4-5-12(17-10)18(15,16)14-8-2-3-11(9-14)6-7-13/h4-5,11H,2-3,6-9H2,1H3. The number of halogens is 1. The van der Waals surface area contributed by atoms with Gasteiger partial charge >= 0.3 is 0 Å². The molecule has 102 valence electrons. The molecule has 1 unspecified atom stereocenters. The Morgan fingerprint density at radius 1 is 1.50 bits per heavy atom. The van der Waals surface area contributed by atoms with Crippen molar-refractivity contribution in [1.82, 2.24) is 4.31 Å². The fraction of sp³-hybridized carbons (Fsp3) is 0.667. The molecule has 0 aliphatic carbocycles. The largest absolute Gasteiger partial charge is 0.252 e. The highest BCUT2D eigenvalue weighted by Crippen LogP contribution is 2.29. The molecule has 2 rings (SSSR count). The van der Waals surface area contributed by atoms with E-state index in [1.54, 1.807) is 10.4 Å². The molecule has 1 aromatic rings. The second-order valence-electron chi connectivity index (χ2n) is 4.71. The van der Waals surface area contributed by atoms with Crippen LogP contribution in [0.3, 0.4) is 0 Å². The van der Waals surface area contributed by atoms with Crippen LogP contribution < -0.4 is 0 Å².